The van der Waals surface area contributed by atoms with Crippen LogP contribution in [0.4, 0.5) is 10.1 Å². The molecule has 1 aliphatic heterocycles. The highest BCUT2D eigenvalue weighted by atomic mass is 127. The molecule has 1 heterocycles. The quantitative estimate of drug-likeness (QED) is 0.280. The highest BCUT2D eigenvalue weighted by Gasteiger charge is 2.23. The van der Waals surface area contributed by atoms with Crippen LogP contribution in [0.15, 0.2) is 29.3 Å². The molecular formula is C19H33FIN5O2S. The minimum absolute atomic E-state index is 0. The third-order valence-corrected chi connectivity index (χ3v) is 5.37. The van der Waals surface area contributed by atoms with E-state index in [9.17, 15) is 12.8 Å². The number of rotatable bonds is 7. The first kappa shape index (κ1) is 25.9. The van der Waals surface area contributed by atoms with E-state index in [0.29, 0.717) is 19.0 Å². The number of hydrogen-bond acceptors (Lipinski definition) is 4. The number of hydrogen-bond donors (Lipinski definition) is 3. The summed E-state index contributed by atoms with van der Waals surface area (Å²) >= 11 is 0. The fourth-order valence-corrected chi connectivity index (χ4v) is 4.35. The fourth-order valence-electron chi connectivity index (χ4n) is 3.28. The Morgan fingerprint density at radius 3 is 2.52 bits per heavy atom. The molecule has 1 fully saturated rings. The summed E-state index contributed by atoms with van der Waals surface area (Å²) in [5.74, 6) is 0.458. The van der Waals surface area contributed by atoms with E-state index >= 15 is 0 Å². The second-order valence-electron chi connectivity index (χ2n) is 7.84. The molecule has 0 amide bonds. The molecule has 10 heteroatoms. The highest BCUT2D eigenvalue weighted by molar-refractivity contribution is 14.0. The first-order valence-corrected chi connectivity index (χ1v) is 11.5. The lowest BCUT2D eigenvalue weighted by atomic mass is 10.0. The van der Waals surface area contributed by atoms with E-state index in [1.807, 2.05) is 13.0 Å². The Bertz CT molecular complexity index is 781. The van der Waals surface area contributed by atoms with Crippen molar-refractivity contribution in [3.05, 3.63) is 30.1 Å². The first-order chi connectivity index (χ1) is 13.1. The molecule has 2 rings (SSSR count). The van der Waals surface area contributed by atoms with E-state index in [1.165, 1.54) is 6.07 Å². The topological polar surface area (TPSA) is 85.8 Å². The molecule has 0 aliphatic carbocycles. The van der Waals surface area contributed by atoms with Crippen LogP contribution in [0.1, 0.15) is 33.6 Å². The van der Waals surface area contributed by atoms with Gasteiger partial charge in [0.15, 0.2) is 5.96 Å². The molecule has 166 valence electrons. The lowest BCUT2D eigenvalue weighted by molar-refractivity contribution is 0.450. The first-order valence-electron chi connectivity index (χ1n) is 9.62. The van der Waals surface area contributed by atoms with E-state index in [2.05, 4.69) is 25.2 Å². The maximum absolute atomic E-state index is 13.4. The molecule has 1 aromatic rings. The maximum Gasteiger partial charge on any atom is 0.209 e. The monoisotopic (exact) mass is 541 g/mol. The number of halogens is 2. The van der Waals surface area contributed by atoms with Crippen LogP contribution in [-0.4, -0.2) is 58.4 Å². The number of sulfonamides is 1. The maximum atomic E-state index is 13.4. The lowest BCUT2D eigenvalue weighted by Crippen LogP contribution is -2.50. The number of nitrogens with one attached hydrogen (secondary N) is 3. The standard InChI is InChI=1S/C19H32FN5O2S.HI/c1-5-21-18(22-14-19(2,3)24-28(4,26)27)23-16-9-11-25(12-10-16)17-8-6-7-15(20)13-17;/h6-8,13,16,24H,5,9-12,14H2,1-4H3,(H2,21,22,23);1H. The van der Waals surface area contributed by atoms with Gasteiger partial charge in [0.1, 0.15) is 5.82 Å². The summed E-state index contributed by atoms with van der Waals surface area (Å²) in [6, 6.07) is 6.94. The summed E-state index contributed by atoms with van der Waals surface area (Å²) < 4.78 is 39.0. The lowest BCUT2D eigenvalue weighted by Gasteiger charge is -2.34. The smallest absolute Gasteiger partial charge is 0.209 e. The summed E-state index contributed by atoms with van der Waals surface area (Å²) in [7, 11) is -3.30. The van der Waals surface area contributed by atoms with Crippen LogP contribution in [0.2, 0.25) is 0 Å². The van der Waals surface area contributed by atoms with Crippen molar-refractivity contribution in [2.75, 3.05) is 37.3 Å². The molecule has 1 aliphatic rings. The third-order valence-electron chi connectivity index (χ3n) is 4.45. The zero-order chi connectivity index (χ0) is 20.8. The van der Waals surface area contributed by atoms with Crippen molar-refractivity contribution in [3.8, 4) is 0 Å². The predicted octanol–water partition coefficient (Wildman–Crippen LogP) is 2.30. The Hall–Kier alpha value is -1.14. The zero-order valence-corrected chi connectivity index (χ0v) is 20.7. The predicted molar refractivity (Wildman–Crippen MR) is 128 cm³/mol. The van der Waals surface area contributed by atoms with Gasteiger partial charge in [0.05, 0.1) is 12.8 Å². The highest BCUT2D eigenvalue weighted by Crippen LogP contribution is 2.20. The van der Waals surface area contributed by atoms with Crippen LogP contribution in [-0.2, 0) is 10.0 Å². The van der Waals surface area contributed by atoms with Crippen LogP contribution >= 0.6 is 24.0 Å². The fraction of sp³-hybridized carbons (Fsp3) is 0.632. The van der Waals surface area contributed by atoms with E-state index in [4.69, 9.17) is 0 Å². The summed E-state index contributed by atoms with van der Waals surface area (Å²) in [6.45, 7) is 8.30. The minimum atomic E-state index is -3.30. The Kier molecular flexibility index (Phi) is 10.1. The second kappa shape index (κ2) is 11.3. The SMILES string of the molecule is CCNC(=NCC(C)(C)NS(C)(=O)=O)NC1CCN(c2cccc(F)c2)CC1.I. The molecule has 7 nitrogen and oxygen atoms in total. The van der Waals surface area contributed by atoms with Gasteiger partial charge in [0.25, 0.3) is 0 Å². The number of anilines is 1. The van der Waals surface area contributed by atoms with Crippen molar-refractivity contribution in [3.63, 3.8) is 0 Å². The molecule has 0 saturated carbocycles. The molecule has 0 aromatic heterocycles. The minimum Gasteiger partial charge on any atom is -0.371 e. The third kappa shape index (κ3) is 9.47. The molecule has 3 N–H and O–H groups in total. The van der Waals surface area contributed by atoms with Crippen LogP contribution in [0, 0.1) is 5.82 Å². The number of benzene rings is 1. The van der Waals surface area contributed by atoms with Gasteiger partial charge in [0.2, 0.25) is 10.0 Å². The molecule has 1 aromatic carbocycles. The molecule has 29 heavy (non-hydrogen) atoms. The van der Waals surface area contributed by atoms with Crippen LogP contribution < -0.4 is 20.3 Å². The van der Waals surface area contributed by atoms with Gasteiger partial charge < -0.3 is 15.5 Å². The largest absolute Gasteiger partial charge is 0.371 e. The van der Waals surface area contributed by atoms with Crippen LogP contribution in [0.3, 0.4) is 0 Å². The van der Waals surface area contributed by atoms with Gasteiger partial charge >= 0.3 is 0 Å². The van der Waals surface area contributed by atoms with Crippen molar-refractivity contribution in [2.45, 2.75) is 45.2 Å². The van der Waals surface area contributed by atoms with Crippen LogP contribution in [0.5, 0.6) is 0 Å². The van der Waals surface area contributed by atoms with Crippen molar-refractivity contribution in [1.82, 2.24) is 15.4 Å². The average Bonchev–Trinajstić information content (AvgIpc) is 2.58. The summed E-state index contributed by atoms with van der Waals surface area (Å²) in [5.41, 5.74) is 0.240. The summed E-state index contributed by atoms with van der Waals surface area (Å²) in [4.78, 5) is 6.74. The zero-order valence-electron chi connectivity index (χ0n) is 17.5. The molecule has 0 spiro atoms. The van der Waals surface area contributed by atoms with Gasteiger partial charge in [-0.2, -0.15) is 0 Å². The summed E-state index contributed by atoms with van der Waals surface area (Å²) in [6.07, 6.45) is 2.96. The van der Waals surface area contributed by atoms with E-state index in [1.54, 1.807) is 26.0 Å². The molecular weight excluding hydrogens is 508 g/mol. The molecule has 0 radical (unpaired) electrons. The Morgan fingerprint density at radius 2 is 1.97 bits per heavy atom. The normalized spacial score (nSPS) is 16.3. The van der Waals surface area contributed by atoms with E-state index < -0.39 is 15.6 Å². The van der Waals surface area contributed by atoms with Gasteiger partial charge in [-0.15, -0.1) is 24.0 Å². The number of guanidine groups is 1. The van der Waals surface area contributed by atoms with Gasteiger partial charge in [-0.05, 0) is 51.8 Å². The second-order valence-corrected chi connectivity index (χ2v) is 9.59. The Balaban J connectivity index is 0.00000420. The van der Waals surface area contributed by atoms with Crippen molar-refractivity contribution < 1.29 is 12.8 Å². The van der Waals surface area contributed by atoms with Gasteiger partial charge in [-0.25, -0.2) is 17.5 Å². The Morgan fingerprint density at radius 1 is 1.31 bits per heavy atom. The Labute approximate surface area is 191 Å². The number of aliphatic imine (C=N–C) groups is 1. The molecule has 0 atom stereocenters. The number of piperidine rings is 1. The summed E-state index contributed by atoms with van der Waals surface area (Å²) in [5, 5.41) is 6.65. The van der Waals surface area contributed by atoms with Gasteiger partial charge in [-0.1, -0.05) is 6.07 Å². The molecule has 0 bridgehead atoms. The van der Waals surface area contributed by atoms with Crippen molar-refractivity contribution in [2.24, 2.45) is 4.99 Å². The van der Waals surface area contributed by atoms with Gasteiger partial charge in [-0.3, -0.25) is 4.99 Å². The van der Waals surface area contributed by atoms with Crippen molar-refractivity contribution >= 4 is 45.6 Å². The average molecular weight is 541 g/mol. The van der Waals surface area contributed by atoms with E-state index in [0.717, 1.165) is 37.9 Å². The van der Waals surface area contributed by atoms with Gasteiger partial charge in [0, 0.05) is 36.9 Å². The van der Waals surface area contributed by atoms with E-state index in [-0.39, 0.29) is 35.8 Å². The molecule has 1 saturated heterocycles. The van der Waals surface area contributed by atoms with Crippen molar-refractivity contribution in [1.29, 1.82) is 0 Å². The molecule has 0 unspecified atom stereocenters. The number of nitrogens with zero attached hydrogens (tertiary/aromatic N) is 2. The van der Waals surface area contributed by atoms with Crippen LogP contribution in [0.25, 0.3) is 0 Å².